The van der Waals surface area contributed by atoms with Crippen LogP contribution in [0, 0.1) is 28.6 Å². The molecule has 4 heteroatoms. The van der Waals surface area contributed by atoms with Crippen molar-refractivity contribution < 1.29 is 4.84 Å². The van der Waals surface area contributed by atoms with E-state index in [-0.39, 0.29) is 0 Å². The van der Waals surface area contributed by atoms with Crippen LogP contribution < -0.4 is 0 Å². The van der Waals surface area contributed by atoms with Crippen molar-refractivity contribution in [1.82, 2.24) is 9.55 Å². The number of fused-ring (bicyclic) bond motifs is 5. The highest BCUT2D eigenvalue weighted by Gasteiger charge is 2.57. The van der Waals surface area contributed by atoms with Gasteiger partial charge in [-0.05, 0) is 73.7 Å². The molecular formula is C25H37N3O. The molecule has 5 rings (SSSR count). The zero-order chi connectivity index (χ0) is 19.9. The van der Waals surface area contributed by atoms with Gasteiger partial charge in [-0.3, -0.25) is 0 Å². The average Bonchev–Trinajstić information content (AvgIpc) is 3.36. The number of aromatic nitrogens is 2. The van der Waals surface area contributed by atoms with E-state index in [0.29, 0.717) is 23.4 Å². The van der Waals surface area contributed by atoms with Gasteiger partial charge in [-0.2, -0.15) is 0 Å². The molecule has 1 aromatic rings. The van der Waals surface area contributed by atoms with Crippen molar-refractivity contribution in [3.05, 3.63) is 30.4 Å². The highest BCUT2D eigenvalue weighted by Crippen LogP contribution is 2.64. The molecule has 0 amide bonds. The lowest BCUT2D eigenvalue weighted by molar-refractivity contribution is 0.00744. The van der Waals surface area contributed by atoms with Crippen molar-refractivity contribution in [1.29, 1.82) is 0 Å². The van der Waals surface area contributed by atoms with E-state index in [1.165, 1.54) is 63.5 Å². The van der Waals surface area contributed by atoms with Gasteiger partial charge in [0.25, 0.3) is 0 Å². The molecule has 0 saturated heterocycles. The Hall–Kier alpha value is -1.58. The van der Waals surface area contributed by atoms with Crippen molar-refractivity contribution in [2.24, 2.45) is 33.7 Å². The first-order valence-corrected chi connectivity index (χ1v) is 12.0. The minimum atomic E-state index is 0.410. The van der Waals surface area contributed by atoms with Crippen LogP contribution >= 0.6 is 0 Å². The number of imidazole rings is 1. The van der Waals surface area contributed by atoms with E-state index in [2.05, 4.69) is 29.5 Å². The van der Waals surface area contributed by atoms with Gasteiger partial charge in [0.1, 0.15) is 6.61 Å². The Balaban J connectivity index is 1.37. The Bertz CT molecular complexity index is 782. The standard InChI is InChI=1S/C25H37N3O/c1-24-10-5-8-20(24)23-21(9-12-24)25(2)11-4-3-7-19(25)17-22(23)27-29-16-6-14-28-15-13-26-18-28/h13,15,17-18,20-21,23H,3-12,14,16H2,1-2H3/t20-,21-,23-,24-,25-/m0/s1. The van der Waals surface area contributed by atoms with Gasteiger partial charge in [-0.15, -0.1) is 0 Å². The average molecular weight is 396 g/mol. The molecule has 0 aliphatic heterocycles. The molecule has 0 N–H and O–H groups in total. The Morgan fingerprint density at radius 1 is 1.14 bits per heavy atom. The highest BCUT2D eigenvalue weighted by atomic mass is 16.6. The third-order valence-corrected chi connectivity index (χ3v) is 9.04. The second-order valence-corrected chi connectivity index (χ2v) is 10.6. The number of allylic oxidation sites excluding steroid dienone is 2. The van der Waals surface area contributed by atoms with E-state index in [9.17, 15) is 0 Å². The highest BCUT2D eigenvalue weighted by molar-refractivity contribution is 5.99. The molecule has 4 aliphatic carbocycles. The van der Waals surface area contributed by atoms with Crippen LogP contribution in [-0.4, -0.2) is 21.9 Å². The fourth-order valence-electron chi connectivity index (χ4n) is 7.38. The SMILES string of the molecule is C[C@@]12CCC[C@H]1[C@@H]1C(=NOCCCn3ccnc3)C=C3CCCC[C@]3(C)[C@H]1CC2. The third-order valence-electron chi connectivity index (χ3n) is 9.04. The van der Waals surface area contributed by atoms with E-state index < -0.39 is 0 Å². The van der Waals surface area contributed by atoms with E-state index in [0.717, 1.165) is 24.8 Å². The van der Waals surface area contributed by atoms with Gasteiger partial charge in [0.2, 0.25) is 0 Å². The van der Waals surface area contributed by atoms with Crippen LogP contribution in [0.4, 0.5) is 0 Å². The zero-order valence-corrected chi connectivity index (χ0v) is 18.3. The predicted molar refractivity (Wildman–Crippen MR) is 117 cm³/mol. The maximum Gasteiger partial charge on any atom is 0.118 e. The third kappa shape index (κ3) is 3.37. The Morgan fingerprint density at radius 2 is 2.07 bits per heavy atom. The lowest BCUT2D eigenvalue weighted by Gasteiger charge is -2.56. The van der Waals surface area contributed by atoms with Gasteiger partial charge in [-0.1, -0.05) is 37.4 Å². The summed E-state index contributed by atoms with van der Waals surface area (Å²) in [5.41, 5.74) is 3.89. The van der Waals surface area contributed by atoms with E-state index in [1.54, 1.807) is 5.57 Å². The number of hydrogen-bond donors (Lipinski definition) is 0. The van der Waals surface area contributed by atoms with Crippen LogP contribution in [0.2, 0.25) is 0 Å². The van der Waals surface area contributed by atoms with Crippen molar-refractivity contribution >= 4 is 5.71 Å². The molecule has 1 heterocycles. The molecule has 5 atom stereocenters. The molecule has 3 saturated carbocycles. The Labute approximate surface area is 175 Å². The Morgan fingerprint density at radius 3 is 2.93 bits per heavy atom. The molecule has 1 aromatic heterocycles. The lowest BCUT2D eigenvalue weighted by Crippen LogP contribution is -2.51. The summed E-state index contributed by atoms with van der Waals surface area (Å²) in [7, 11) is 0. The summed E-state index contributed by atoms with van der Waals surface area (Å²) < 4.78 is 2.10. The van der Waals surface area contributed by atoms with E-state index in [1.807, 2.05) is 18.7 Å². The van der Waals surface area contributed by atoms with E-state index >= 15 is 0 Å². The van der Waals surface area contributed by atoms with Gasteiger partial charge in [0, 0.05) is 31.3 Å². The van der Waals surface area contributed by atoms with Gasteiger partial charge < -0.3 is 9.40 Å². The van der Waals surface area contributed by atoms with Crippen LogP contribution in [0.15, 0.2) is 35.5 Å². The number of nitrogens with zero attached hydrogens (tertiary/aromatic N) is 3. The summed E-state index contributed by atoms with van der Waals surface area (Å²) in [6, 6.07) is 0. The number of oxime groups is 1. The first-order chi connectivity index (χ1) is 14.1. The second-order valence-electron chi connectivity index (χ2n) is 10.6. The number of hydrogen-bond acceptors (Lipinski definition) is 3. The monoisotopic (exact) mass is 395 g/mol. The maximum absolute atomic E-state index is 5.92. The summed E-state index contributed by atoms with van der Waals surface area (Å²) in [4.78, 5) is 10.0. The van der Waals surface area contributed by atoms with Gasteiger partial charge in [0.15, 0.2) is 0 Å². The molecule has 4 nitrogen and oxygen atoms in total. The normalized spacial score (nSPS) is 40.1. The Kier molecular flexibility index (Phi) is 5.08. The molecule has 29 heavy (non-hydrogen) atoms. The molecule has 0 aromatic carbocycles. The maximum atomic E-state index is 5.92. The second kappa shape index (κ2) is 7.59. The predicted octanol–water partition coefficient (Wildman–Crippen LogP) is 6.00. The number of rotatable bonds is 5. The molecular weight excluding hydrogens is 358 g/mol. The van der Waals surface area contributed by atoms with Crippen LogP contribution in [0.1, 0.15) is 78.1 Å². The number of aryl methyl sites for hydroxylation is 1. The quantitative estimate of drug-likeness (QED) is 0.453. The summed E-state index contributed by atoms with van der Waals surface area (Å²) in [6.45, 7) is 6.77. The molecule has 0 spiro atoms. The molecule has 158 valence electrons. The molecule has 0 bridgehead atoms. The summed E-state index contributed by atoms with van der Waals surface area (Å²) >= 11 is 0. The van der Waals surface area contributed by atoms with Gasteiger partial charge in [-0.25, -0.2) is 4.98 Å². The molecule has 4 aliphatic rings. The first-order valence-electron chi connectivity index (χ1n) is 12.0. The summed E-state index contributed by atoms with van der Waals surface area (Å²) in [5, 5.41) is 4.82. The smallest absolute Gasteiger partial charge is 0.118 e. The minimum Gasteiger partial charge on any atom is -0.396 e. The molecule has 3 fully saturated rings. The summed E-state index contributed by atoms with van der Waals surface area (Å²) in [5.74, 6) is 2.18. The minimum absolute atomic E-state index is 0.410. The van der Waals surface area contributed by atoms with E-state index in [4.69, 9.17) is 9.99 Å². The van der Waals surface area contributed by atoms with Gasteiger partial charge >= 0.3 is 0 Å². The molecule has 0 unspecified atom stereocenters. The lowest BCUT2D eigenvalue weighted by atomic mass is 9.48. The fraction of sp³-hybridized carbons (Fsp3) is 0.760. The zero-order valence-electron chi connectivity index (χ0n) is 18.3. The first kappa shape index (κ1) is 19.4. The van der Waals surface area contributed by atoms with Crippen LogP contribution in [0.25, 0.3) is 0 Å². The van der Waals surface area contributed by atoms with Crippen molar-refractivity contribution in [2.75, 3.05) is 6.61 Å². The van der Waals surface area contributed by atoms with Gasteiger partial charge in [0.05, 0.1) is 12.0 Å². The topological polar surface area (TPSA) is 39.4 Å². The van der Waals surface area contributed by atoms with Crippen molar-refractivity contribution in [2.45, 2.75) is 84.6 Å². The summed E-state index contributed by atoms with van der Waals surface area (Å²) in [6.07, 6.45) is 21.5. The fourth-order valence-corrected chi connectivity index (χ4v) is 7.38. The van der Waals surface area contributed by atoms with Crippen molar-refractivity contribution in [3.8, 4) is 0 Å². The van der Waals surface area contributed by atoms with Crippen LogP contribution in [0.3, 0.4) is 0 Å². The van der Waals surface area contributed by atoms with Crippen molar-refractivity contribution in [3.63, 3.8) is 0 Å². The molecule has 0 radical (unpaired) electrons. The van der Waals surface area contributed by atoms with Crippen LogP contribution in [0.5, 0.6) is 0 Å². The van der Waals surface area contributed by atoms with Crippen LogP contribution in [-0.2, 0) is 11.4 Å². The largest absolute Gasteiger partial charge is 0.396 e.